The Morgan fingerprint density at radius 3 is 2.60 bits per heavy atom. The van der Waals surface area contributed by atoms with Crippen LogP contribution in [0, 0.1) is 0 Å². The van der Waals surface area contributed by atoms with E-state index in [1.54, 1.807) is 11.8 Å². The zero-order valence-electron chi connectivity index (χ0n) is 13.4. The van der Waals surface area contributed by atoms with E-state index in [0.29, 0.717) is 18.7 Å². The lowest BCUT2D eigenvalue weighted by molar-refractivity contribution is -0.137. The maximum absolute atomic E-state index is 12.7. The average Bonchev–Trinajstić information content (AvgIpc) is 2.94. The molecular weight excluding hydrogens is 369 g/mol. The lowest BCUT2D eigenvalue weighted by atomic mass is 10.1. The number of hydrogen-bond donors (Lipinski definition) is 0. The van der Waals surface area contributed by atoms with Gasteiger partial charge in [0.15, 0.2) is 0 Å². The first-order chi connectivity index (χ1) is 11.9. The molecule has 0 aliphatic carbocycles. The van der Waals surface area contributed by atoms with Gasteiger partial charge in [-0.2, -0.15) is 13.2 Å². The van der Waals surface area contributed by atoms with Crippen LogP contribution in [0.5, 0.6) is 0 Å². The molecule has 0 fully saturated rings. The number of pyridine rings is 1. The SMILES string of the molecule is CC1=CSC(c2ccccc2)N1CCc1ncc(C(F)(F)F)cc1Cl. The lowest BCUT2D eigenvalue weighted by Gasteiger charge is -2.28. The standard InChI is InChI=1S/C18H16ClF3N2S/c1-12-11-25-17(13-5-3-2-4-6-13)24(12)8-7-16-15(19)9-14(10-23-16)18(20,21)22/h2-6,9-11,17H,7-8H2,1H3. The zero-order chi connectivity index (χ0) is 18.0. The number of alkyl halides is 3. The van der Waals surface area contributed by atoms with E-state index in [2.05, 4.69) is 27.4 Å². The maximum atomic E-state index is 12.7. The molecule has 132 valence electrons. The van der Waals surface area contributed by atoms with Crippen molar-refractivity contribution in [3.8, 4) is 0 Å². The second kappa shape index (κ2) is 7.30. The Morgan fingerprint density at radius 2 is 1.96 bits per heavy atom. The highest BCUT2D eigenvalue weighted by Gasteiger charge is 2.32. The van der Waals surface area contributed by atoms with E-state index in [4.69, 9.17) is 11.6 Å². The molecule has 2 aromatic rings. The monoisotopic (exact) mass is 384 g/mol. The number of thioether (sulfide) groups is 1. The average molecular weight is 385 g/mol. The first-order valence-electron chi connectivity index (χ1n) is 7.71. The molecule has 0 N–H and O–H groups in total. The van der Waals surface area contributed by atoms with Gasteiger partial charge in [-0.15, -0.1) is 11.8 Å². The fraction of sp³-hybridized carbons (Fsp3) is 0.278. The topological polar surface area (TPSA) is 16.1 Å². The fourth-order valence-electron chi connectivity index (χ4n) is 2.69. The van der Waals surface area contributed by atoms with E-state index in [-0.39, 0.29) is 10.4 Å². The van der Waals surface area contributed by atoms with E-state index < -0.39 is 11.7 Å². The molecule has 0 spiro atoms. The molecule has 1 aliphatic heterocycles. The summed E-state index contributed by atoms with van der Waals surface area (Å²) < 4.78 is 38.1. The Hall–Kier alpha value is -1.66. The summed E-state index contributed by atoms with van der Waals surface area (Å²) in [6.07, 6.45) is -3.11. The highest BCUT2D eigenvalue weighted by molar-refractivity contribution is 8.02. The van der Waals surface area contributed by atoms with Crippen molar-refractivity contribution in [2.75, 3.05) is 6.54 Å². The smallest absolute Gasteiger partial charge is 0.358 e. The molecule has 1 aliphatic rings. The molecule has 1 aromatic heterocycles. The first-order valence-corrected chi connectivity index (χ1v) is 9.04. The van der Waals surface area contributed by atoms with Crippen LogP contribution in [-0.2, 0) is 12.6 Å². The number of nitrogens with zero attached hydrogens (tertiary/aromatic N) is 2. The Labute approximate surface area is 153 Å². The highest BCUT2D eigenvalue weighted by atomic mass is 35.5. The zero-order valence-corrected chi connectivity index (χ0v) is 15.0. The molecule has 0 bridgehead atoms. The third kappa shape index (κ3) is 4.12. The van der Waals surface area contributed by atoms with Gasteiger partial charge in [0.2, 0.25) is 0 Å². The van der Waals surface area contributed by atoms with Gasteiger partial charge in [-0.3, -0.25) is 4.98 Å². The van der Waals surface area contributed by atoms with Gasteiger partial charge in [0.25, 0.3) is 0 Å². The van der Waals surface area contributed by atoms with Crippen LogP contribution in [0.3, 0.4) is 0 Å². The van der Waals surface area contributed by atoms with Crippen molar-refractivity contribution in [2.24, 2.45) is 0 Å². The molecule has 7 heteroatoms. The molecule has 1 atom stereocenters. The van der Waals surface area contributed by atoms with Gasteiger partial charge in [-0.05, 0) is 24.0 Å². The van der Waals surface area contributed by atoms with Gasteiger partial charge in [0.1, 0.15) is 5.37 Å². The Kier molecular flexibility index (Phi) is 5.29. The van der Waals surface area contributed by atoms with Crippen molar-refractivity contribution in [3.63, 3.8) is 0 Å². The van der Waals surface area contributed by atoms with Crippen LogP contribution in [0.1, 0.15) is 29.1 Å². The molecule has 0 radical (unpaired) electrons. The molecule has 0 amide bonds. The van der Waals surface area contributed by atoms with Gasteiger partial charge in [0, 0.05) is 24.9 Å². The Bertz CT molecular complexity index is 778. The van der Waals surface area contributed by atoms with Crippen molar-refractivity contribution in [2.45, 2.75) is 24.9 Å². The summed E-state index contributed by atoms with van der Waals surface area (Å²) in [6, 6.07) is 11.0. The molecule has 2 heterocycles. The molecule has 2 nitrogen and oxygen atoms in total. The van der Waals surface area contributed by atoms with Crippen LogP contribution in [0.2, 0.25) is 5.02 Å². The predicted molar refractivity (Wildman–Crippen MR) is 95.2 cm³/mol. The van der Waals surface area contributed by atoms with Crippen LogP contribution in [-0.4, -0.2) is 16.4 Å². The van der Waals surface area contributed by atoms with Crippen LogP contribution in [0.15, 0.2) is 53.7 Å². The molecular formula is C18H16ClF3N2S. The van der Waals surface area contributed by atoms with E-state index in [9.17, 15) is 13.2 Å². The Balaban J connectivity index is 1.73. The number of aromatic nitrogens is 1. The van der Waals surface area contributed by atoms with Gasteiger partial charge in [-0.1, -0.05) is 41.9 Å². The Morgan fingerprint density at radius 1 is 1.24 bits per heavy atom. The number of allylic oxidation sites excluding steroid dienone is 1. The van der Waals surface area contributed by atoms with Crippen molar-refractivity contribution in [3.05, 3.63) is 75.5 Å². The summed E-state index contributed by atoms with van der Waals surface area (Å²) in [5.74, 6) is 0. The van der Waals surface area contributed by atoms with E-state index >= 15 is 0 Å². The summed E-state index contributed by atoms with van der Waals surface area (Å²) in [7, 11) is 0. The number of rotatable bonds is 4. The second-order valence-electron chi connectivity index (χ2n) is 5.75. The van der Waals surface area contributed by atoms with Crippen molar-refractivity contribution in [1.82, 2.24) is 9.88 Å². The van der Waals surface area contributed by atoms with Crippen LogP contribution >= 0.6 is 23.4 Å². The molecule has 1 aromatic carbocycles. The van der Waals surface area contributed by atoms with E-state index in [0.717, 1.165) is 18.0 Å². The predicted octanol–water partition coefficient (Wildman–Crippen LogP) is 5.91. The quantitative estimate of drug-likeness (QED) is 0.652. The molecule has 0 saturated heterocycles. The minimum Gasteiger partial charge on any atom is -0.358 e. The number of hydrogen-bond acceptors (Lipinski definition) is 3. The third-order valence-corrected chi connectivity index (χ3v) is 5.61. The summed E-state index contributed by atoms with van der Waals surface area (Å²) in [6.45, 7) is 2.66. The summed E-state index contributed by atoms with van der Waals surface area (Å²) in [4.78, 5) is 6.14. The van der Waals surface area contributed by atoms with Crippen LogP contribution < -0.4 is 0 Å². The van der Waals surface area contributed by atoms with Crippen molar-refractivity contribution >= 4 is 23.4 Å². The number of halogens is 4. The van der Waals surface area contributed by atoms with Gasteiger partial charge in [0.05, 0.1) is 16.3 Å². The highest BCUT2D eigenvalue weighted by Crippen LogP contribution is 2.42. The fourth-order valence-corrected chi connectivity index (χ4v) is 4.15. The van der Waals surface area contributed by atoms with Crippen molar-refractivity contribution < 1.29 is 13.2 Å². The minimum atomic E-state index is -4.43. The first kappa shape index (κ1) is 18.1. The summed E-state index contributed by atoms with van der Waals surface area (Å²) in [5.41, 5.74) is 1.97. The lowest BCUT2D eigenvalue weighted by Crippen LogP contribution is -2.24. The van der Waals surface area contributed by atoms with Crippen LogP contribution in [0.4, 0.5) is 13.2 Å². The van der Waals surface area contributed by atoms with Crippen LogP contribution in [0.25, 0.3) is 0 Å². The third-order valence-electron chi connectivity index (χ3n) is 4.02. The molecule has 0 saturated carbocycles. The molecule has 3 rings (SSSR count). The van der Waals surface area contributed by atoms with E-state index in [1.165, 1.54) is 5.56 Å². The minimum absolute atomic E-state index is 0.0552. The van der Waals surface area contributed by atoms with Crippen molar-refractivity contribution in [1.29, 1.82) is 0 Å². The van der Waals surface area contributed by atoms with Gasteiger partial charge < -0.3 is 4.90 Å². The molecule has 25 heavy (non-hydrogen) atoms. The summed E-state index contributed by atoms with van der Waals surface area (Å²) >= 11 is 7.73. The van der Waals surface area contributed by atoms with Gasteiger partial charge in [-0.25, -0.2) is 0 Å². The second-order valence-corrected chi connectivity index (χ2v) is 7.11. The van der Waals surface area contributed by atoms with E-state index in [1.807, 2.05) is 25.1 Å². The van der Waals surface area contributed by atoms with Gasteiger partial charge >= 0.3 is 6.18 Å². The maximum Gasteiger partial charge on any atom is 0.417 e. The normalized spacial score (nSPS) is 17.7. The number of benzene rings is 1. The molecule has 1 unspecified atom stereocenters. The largest absolute Gasteiger partial charge is 0.417 e. The summed E-state index contributed by atoms with van der Waals surface area (Å²) in [5, 5.41) is 2.31.